The van der Waals surface area contributed by atoms with Crippen molar-refractivity contribution in [3.63, 3.8) is 0 Å². The minimum atomic E-state index is -0.471. The molecule has 0 bridgehead atoms. The van der Waals surface area contributed by atoms with E-state index in [4.69, 9.17) is 16.3 Å². The molecule has 0 radical (unpaired) electrons. The highest BCUT2D eigenvalue weighted by atomic mass is 35.5. The van der Waals surface area contributed by atoms with Crippen LogP contribution in [0.3, 0.4) is 0 Å². The SMILES string of the molecule is COc1cccc(C(C)Nc2ccc([N+](=O)[O-])cc2Cl)c1. The summed E-state index contributed by atoms with van der Waals surface area (Å²) in [4.78, 5) is 10.2. The van der Waals surface area contributed by atoms with Crippen molar-refractivity contribution < 1.29 is 9.66 Å². The molecule has 1 unspecified atom stereocenters. The van der Waals surface area contributed by atoms with E-state index in [1.165, 1.54) is 12.1 Å². The Hall–Kier alpha value is -2.27. The molecule has 2 aromatic carbocycles. The Morgan fingerprint density at radius 3 is 2.67 bits per heavy atom. The number of non-ortho nitro benzene ring substituents is 1. The Kier molecular flexibility index (Phi) is 4.65. The topological polar surface area (TPSA) is 64.4 Å². The molecule has 0 aliphatic rings. The third-order valence-corrected chi connectivity index (χ3v) is 3.44. The number of rotatable bonds is 5. The monoisotopic (exact) mass is 306 g/mol. The molecular formula is C15H15ClN2O3. The van der Waals surface area contributed by atoms with Crippen LogP contribution in [-0.2, 0) is 0 Å². The van der Waals surface area contributed by atoms with Crippen LogP contribution in [0.1, 0.15) is 18.5 Å². The number of nitrogens with one attached hydrogen (secondary N) is 1. The Morgan fingerprint density at radius 1 is 1.29 bits per heavy atom. The number of nitro benzene ring substituents is 1. The Labute approximate surface area is 127 Å². The number of nitrogens with zero attached hydrogens (tertiary/aromatic N) is 1. The van der Waals surface area contributed by atoms with Crippen molar-refractivity contribution >= 4 is 23.0 Å². The van der Waals surface area contributed by atoms with Crippen molar-refractivity contribution in [2.45, 2.75) is 13.0 Å². The quantitative estimate of drug-likeness (QED) is 0.655. The van der Waals surface area contributed by atoms with E-state index < -0.39 is 4.92 Å². The summed E-state index contributed by atoms with van der Waals surface area (Å²) in [6, 6.07) is 12.0. The van der Waals surface area contributed by atoms with E-state index in [0.717, 1.165) is 11.3 Å². The predicted molar refractivity (Wildman–Crippen MR) is 83.1 cm³/mol. The van der Waals surface area contributed by atoms with E-state index in [-0.39, 0.29) is 11.7 Å². The van der Waals surface area contributed by atoms with Crippen LogP contribution in [0, 0.1) is 10.1 Å². The van der Waals surface area contributed by atoms with E-state index in [9.17, 15) is 10.1 Å². The lowest BCUT2D eigenvalue weighted by Crippen LogP contribution is -2.07. The van der Waals surface area contributed by atoms with Gasteiger partial charge in [0.2, 0.25) is 0 Å². The molecule has 21 heavy (non-hydrogen) atoms. The molecule has 5 nitrogen and oxygen atoms in total. The van der Waals surface area contributed by atoms with E-state index in [2.05, 4.69) is 5.32 Å². The molecule has 2 rings (SSSR count). The van der Waals surface area contributed by atoms with Crippen molar-refractivity contribution in [3.8, 4) is 5.75 Å². The van der Waals surface area contributed by atoms with Crippen molar-refractivity contribution in [2.24, 2.45) is 0 Å². The zero-order valence-electron chi connectivity index (χ0n) is 11.7. The lowest BCUT2D eigenvalue weighted by atomic mass is 10.1. The van der Waals surface area contributed by atoms with Gasteiger partial charge in [0, 0.05) is 18.2 Å². The number of methoxy groups -OCH3 is 1. The number of hydrogen-bond acceptors (Lipinski definition) is 4. The van der Waals surface area contributed by atoms with Crippen LogP contribution in [0.15, 0.2) is 42.5 Å². The summed E-state index contributed by atoms with van der Waals surface area (Å²) in [5.41, 5.74) is 1.65. The number of nitro groups is 1. The second kappa shape index (κ2) is 6.45. The van der Waals surface area contributed by atoms with E-state index >= 15 is 0 Å². The fraction of sp³-hybridized carbons (Fsp3) is 0.200. The van der Waals surface area contributed by atoms with Gasteiger partial charge in [-0.1, -0.05) is 23.7 Å². The van der Waals surface area contributed by atoms with Gasteiger partial charge in [-0.2, -0.15) is 0 Å². The van der Waals surface area contributed by atoms with Crippen LogP contribution >= 0.6 is 11.6 Å². The second-order valence-corrected chi connectivity index (χ2v) is 4.97. The standard InChI is InChI=1S/C15H15ClN2O3/c1-10(11-4-3-5-13(8-11)21-2)17-15-7-6-12(18(19)20)9-14(15)16/h3-10,17H,1-2H3. The maximum atomic E-state index is 10.7. The molecule has 0 saturated heterocycles. The number of anilines is 1. The highest BCUT2D eigenvalue weighted by Crippen LogP contribution is 2.30. The first-order valence-corrected chi connectivity index (χ1v) is 6.73. The number of halogens is 1. The van der Waals surface area contributed by atoms with E-state index in [0.29, 0.717) is 10.7 Å². The van der Waals surface area contributed by atoms with Gasteiger partial charge in [-0.15, -0.1) is 0 Å². The highest BCUT2D eigenvalue weighted by molar-refractivity contribution is 6.33. The summed E-state index contributed by atoms with van der Waals surface area (Å²) >= 11 is 6.07. The first kappa shape index (κ1) is 15.1. The molecule has 0 aromatic heterocycles. The first-order chi connectivity index (χ1) is 10.0. The number of hydrogen-bond donors (Lipinski definition) is 1. The summed E-state index contributed by atoms with van der Waals surface area (Å²) in [5.74, 6) is 0.774. The first-order valence-electron chi connectivity index (χ1n) is 6.35. The van der Waals surface area contributed by atoms with Crippen molar-refractivity contribution in [3.05, 3.63) is 63.2 Å². The van der Waals surface area contributed by atoms with Crippen molar-refractivity contribution in [1.82, 2.24) is 0 Å². The van der Waals surface area contributed by atoms with Gasteiger partial charge in [-0.05, 0) is 30.7 Å². The van der Waals surface area contributed by atoms with Crippen LogP contribution in [0.4, 0.5) is 11.4 Å². The van der Waals surface area contributed by atoms with Crippen LogP contribution in [0.25, 0.3) is 0 Å². The molecule has 110 valence electrons. The predicted octanol–water partition coefficient (Wildman–Crippen LogP) is 4.43. The largest absolute Gasteiger partial charge is 0.497 e. The molecule has 6 heteroatoms. The minimum Gasteiger partial charge on any atom is -0.497 e. The molecule has 0 aliphatic carbocycles. The highest BCUT2D eigenvalue weighted by Gasteiger charge is 2.12. The second-order valence-electron chi connectivity index (χ2n) is 4.56. The zero-order chi connectivity index (χ0) is 15.4. The average Bonchev–Trinajstić information content (AvgIpc) is 2.49. The number of ether oxygens (including phenoxy) is 1. The van der Waals surface area contributed by atoms with E-state index in [1.54, 1.807) is 13.2 Å². The molecule has 0 aliphatic heterocycles. The maximum absolute atomic E-state index is 10.7. The summed E-state index contributed by atoms with van der Waals surface area (Å²) in [6.07, 6.45) is 0. The summed E-state index contributed by atoms with van der Waals surface area (Å²) in [7, 11) is 1.62. The molecule has 2 aromatic rings. The lowest BCUT2D eigenvalue weighted by molar-refractivity contribution is -0.384. The summed E-state index contributed by atoms with van der Waals surface area (Å²) in [6.45, 7) is 1.98. The molecule has 0 saturated carbocycles. The Bertz CT molecular complexity index is 661. The van der Waals surface area contributed by atoms with Crippen LogP contribution in [-0.4, -0.2) is 12.0 Å². The van der Waals surface area contributed by atoms with Gasteiger partial charge in [0.05, 0.1) is 22.7 Å². The Morgan fingerprint density at radius 2 is 2.05 bits per heavy atom. The zero-order valence-corrected chi connectivity index (χ0v) is 12.4. The summed E-state index contributed by atoms with van der Waals surface area (Å²) < 4.78 is 5.19. The van der Waals surface area contributed by atoms with Crippen LogP contribution in [0.2, 0.25) is 5.02 Å². The molecule has 0 spiro atoms. The van der Waals surface area contributed by atoms with Crippen LogP contribution in [0.5, 0.6) is 5.75 Å². The van der Waals surface area contributed by atoms with Crippen molar-refractivity contribution in [2.75, 3.05) is 12.4 Å². The smallest absolute Gasteiger partial charge is 0.271 e. The third-order valence-electron chi connectivity index (χ3n) is 3.13. The molecule has 0 fully saturated rings. The van der Waals surface area contributed by atoms with Gasteiger partial charge in [0.15, 0.2) is 0 Å². The van der Waals surface area contributed by atoms with E-state index in [1.807, 2.05) is 31.2 Å². The normalized spacial score (nSPS) is 11.8. The molecule has 1 N–H and O–H groups in total. The van der Waals surface area contributed by atoms with Gasteiger partial charge in [0.25, 0.3) is 5.69 Å². The molecular weight excluding hydrogens is 292 g/mol. The fourth-order valence-electron chi connectivity index (χ4n) is 1.96. The maximum Gasteiger partial charge on any atom is 0.271 e. The van der Waals surface area contributed by atoms with Gasteiger partial charge in [-0.25, -0.2) is 0 Å². The molecule has 1 atom stereocenters. The van der Waals surface area contributed by atoms with Crippen LogP contribution < -0.4 is 10.1 Å². The fourth-order valence-corrected chi connectivity index (χ4v) is 2.19. The minimum absolute atomic E-state index is 0.0148. The number of benzene rings is 2. The van der Waals surface area contributed by atoms with Gasteiger partial charge in [0.1, 0.15) is 5.75 Å². The Balaban J connectivity index is 2.19. The van der Waals surface area contributed by atoms with Gasteiger partial charge in [-0.3, -0.25) is 10.1 Å². The molecule has 0 amide bonds. The summed E-state index contributed by atoms with van der Waals surface area (Å²) in [5, 5.41) is 14.2. The average molecular weight is 307 g/mol. The lowest BCUT2D eigenvalue weighted by Gasteiger charge is -2.17. The van der Waals surface area contributed by atoms with Crippen molar-refractivity contribution in [1.29, 1.82) is 0 Å². The third kappa shape index (κ3) is 3.64. The molecule has 0 heterocycles. The van der Waals surface area contributed by atoms with Gasteiger partial charge >= 0.3 is 0 Å². The van der Waals surface area contributed by atoms with Gasteiger partial charge < -0.3 is 10.1 Å².